The van der Waals surface area contributed by atoms with Gasteiger partial charge in [-0.1, -0.05) is 6.92 Å². The SMILES string of the molecule is CCSCCCn1cccc1C(C)O. The fourth-order valence-corrected chi connectivity index (χ4v) is 2.11. The van der Waals surface area contributed by atoms with Crippen LogP contribution in [0, 0.1) is 0 Å². The Kier molecular flexibility index (Phi) is 5.12. The zero-order valence-electron chi connectivity index (χ0n) is 8.94. The molecule has 1 heterocycles. The molecule has 2 nitrogen and oxygen atoms in total. The number of nitrogens with zero attached hydrogens (tertiary/aromatic N) is 1. The molecule has 0 aromatic carbocycles. The van der Waals surface area contributed by atoms with E-state index in [2.05, 4.69) is 11.5 Å². The number of hydrogen-bond acceptors (Lipinski definition) is 2. The molecular weight excluding hydrogens is 194 g/mol. The summed E-state index contributed by atoms with van der Waals surface area (Å²) in [5.41, 5.74) is 1.02. The van der Waals surface area contributed by atoms with E-state index in [-0.39, 0.29) is 6.10 Å². The maximum Gasteiger partial charge on any atom is 0.0911 e. The second-order valence-electron chi connectivity index (χ2n) is 3.35. The predicted octanol–water partition coefficient (Wildman–Crippen LogP) is 2.68. The maximum atomic E-state index is 9.47. The van der Waals surface area contributed by atoms with E-state index in [0.717, 1.165) is 12.2 Å². The van der Waals surface area contributed by atoms with Gasteiger partial charge in [0, 0.05) is 18.4 Å². The molecule has 1 aromatic rings. The largest absolute Gasteiger partial charge is 0.387 e. The van der Waals surface area contributed by atoms with Crippen LogP contribution >= 0.6 is 11.8 Å². The second kappa shape index (κ2) is 6.14. The number of rotatable bonds is 6. The van der Waals surface area contributed by atoms with Gasteiger partial charge < -0.3 is 9.67 Å². The van der Waals surface area contributed by atoms with Gasteiger partial charge in [0.1, 0.15) is 0 Å². The van der Waals surface area contributed by atoms with Gasteiger partial charge in [0.25, 0.3) is 0 Å². The summed E-state index contributed by atoms with van der Waals surface area (Å²) in [6.45, 7) is 5.01. The minimum atomic E-state index is -0.358. The van der Waals surface area contributed by atoms with Crippen LogP contribution in [0.1, 0.15) is 32.1 Å². The molecule has 1 aromatic heterocycles. The molecule has 0 aliphatic heterocycles. The molecule has 14 heavy (non-hydrogen) atoms. The first-order valence-corrected chi connectivity index (χ1v) is 6.32. The summed E-state index contributed by atoms with van der Waals surface area (Å²) in [6, 6.07) is 3.98. The monoisotopic (exact) mass is 213 g/mol. The zero-order valence-corrected chi connectivity index (χ0v) is 9.76. The quantitative estimate of drug-likeness (QED) is 0.735. The molecule has 1 N–H and O–H groups in total. The minimum absolute atomic E-state index is 0.358. The summed E-state index contributed by atoms with van der Waals surface area (Å²) in [6.07, 6.45) is 2.86. The Morgan fingerprint density at radius 1 is 1.57 bits per heavy atom. The molecule has 0 saturated carbocycles. The smallest absolute Gasteiger partial charge is 0.0911 e. The molecule has 80 valence electrons. The summed E-state index contributed by atoms with van der Waals surface area (Å²) in [5.74, 6) is 2.39. The third kappa shape index (κ3) is 3.39. The van der Waals surface area contributed by atoms with E-state index < -0.39 is 0 Å². The minimum Gasteiger partial charge on any atom is -0.387 e. The summed E-state index contributed by atoms with van der Waals surface area (Å²) >= 11 is 1.97. The van der Waals surface area contributed by atoms with Gasteiger partial charge in [0.2, 0.25) is 0 Å². The molecule has 0 fully saturated rings. The number of aromatic nitrogens is 1. The molecule has 0 spiro atoms. The van der Waals surface area contributed by atoms with Gasteiger partial charge in [-0.15, -0.1) is 0 Å². The van der Waals surface area contributed by atoms with E-state index in [0.29, 0.717) is 0 Å². The summed E-state index contributed by atoms with van der Waals surface area (Å²) in [5, 5.41) is 9.47. The molecule has 0 aliphatic rings. The standard InChI is InChI=1S/C11H19NOS/c1-3-14-9-5-8-12-7-4-6-11(12)10(2)13/h4,6-7,10,13H,3,5,8-9H2,1-2H3. The van der Waals surface area contributed by atoms with Crippen molar-refractivity contribution in [3.05, 3.63) is 24.0 Å². The Hall–Kier alpha value is -0.410. The summed E-state index contributed by atoms with van der Waals surface area (Å²) < 4.78 is 2.14. The van der Waals surface area contributed by atoms with Crippen LogP contribution < -0.4 is 0 Å². The molecular formula is C11H19NOS. The number of aliphatic hydroxyl groups is 1. The Bertz CT molecular complexity index is 258. The van der Waals surface area contributed by atoms with Crippen LogP contribution in [-0.4, -0.2) is 21.2 Å². The molecule has 0 amide bonds. The van der Waals surface area contributed by atoms with Crippen LogP contribution in [0.3, 0.4) is 0 Å². The molecule has 1 atom stereocenters. The van der Waals surface area contributed by atoms with Crippen LogP contribution in [0.25, 0.3) is 0 Å². The first-order valence-electron chi connectivity index (χ1n) is 5.16. The molecule has 0 radical (unpaired) electrons. The van der Waals surface area contributed by atoms with Gasteiger partial charge >= 0.3 is 0 Å². The van der Waals surface area contributed by atoms with Crippen molar-refractivity contribution in [3.8, 4) is 0 Å². The van der Waals surface area contributed by atoms with Crippen molar-refractivity contribution in [2.24, 2.45) is 0 Å². The molecule has 1 unspecified atom stereocenters. The molecule has 0 saturated heterocycles. The van der Waals surface area contributed by atoms with Gasteiger partial charge in [-0.3, -0.25) is 0 Å². The number of aryl methyl sites for hydroxylation is 1. The van der Waals surface area contributed by atoms with E-state index >= 15 is 0 Å². The highest BCUT2D eigenvalue weighted by Crippen LogP contribution is 2.13. The Balaban J connectivity index is 2.38. The fourth-order valence-electron chi connectivity index (χ4n) is 1.49. The van der Waals surface area contributed by atoms with Crippen LogP contribution in [0.5, 0.6) is 0 Å². The first-order chi connectivity index (χ1) is 6.75. The van der Waals surface area contributed by atoms with Gasteiger partial charge in [0.05, 0.1) is 6.10 Å². The molecule has 0 aliphatic carbocycles. The predicted molar refractivity (Wildman–Crippen MR) is 62.7 cm³/mol. The normalized spacial score (nSPS) is 13.1. The summed E-state index contributed by atoms with van der Waals surface area (Å²) in [7, 11) is 0. The van der Waals surface area contributed by atoms with Crippen molar-refractivity contribution in [3.63, 3.8) is 0 Å². The first kappa shape index (κ1) is 11.7. The van der Waals surface area contributed by atoms with E-state index in [9.17, 15) is 5.11 Å². The van der Waals surface area contributed by atoms with Crippen molar-refractivity contribution in [2.75, 3.05) is 11.5 Å². The Labute approximate surface area is 90.3 Å². The van der Waals surface area contributed by atoms with Crippen molar-refractivity contribution < 1.29 is 5.11 Å². The lowest BCUT2D eigenvalue weighted by atomic mass is 10.3. The van der Waals surface area contributed by atoms with Crippen molar-refractivity contribution in [1.82, 2.24) is 4.57 Å². The molecule has 1 rings (SSSR count). The van der Waals surface area contributed by atoms with Crippen LogP contribution in [-0.2, 0) is 6.54 Å². The van der Waals surface area contributed by atoms with Crippen LogP contribution in [0.2, 0.25) is 0 Å². The van der Waals surface area contributed by atoms with Gasteiger partial charge in [-0.25, -0.2) is 0 Å². The van der Waals surface area contributed by atoms with E-state index in [1.807, 2.05) is 37.0 Å². The number of hydrogen-bond donors (Lipinski definition) is 1. The number of thioether (sulfide) groups is 1. The van der Waals surface area contributed by atoms with Gasteiger partial charge in [-0.2, -0.15) is 11.8 Å². The molecule has 0 bridgehead atoms. The highest BCUT2D eigenvalue weighted by Gasteiger charge is 2.05. The van der Waals surface area contributed by atoms with Gasteiger partial charge in [-0.05, 0) is 37.0 Å². The third-order valence-corrected chi connectivity index (χ3v) is 3.17. The van der Waals surface area contributed by atoms with E-state index in [4.69, 9.17) is 0 Å². The van der Waals surface area contributed by atoms with E-state index in [1.54, 1.807) is 0 Å². The zero-order chi connectivity index (χ0) is 10.4. The lowest BCUT2D eigenvalue weighted by Gasteiger charge is -2.10. The highest BCUT2D eigenvalue weighted by molar-refractivity contribution is 7.99. The maximum absolute atomic E-state index is 9.47. The topological polar surface area (TPSA) is 25.2 Å². The Morgan fingerprint density at radius 3 is 3.00 bits per heavy atom. The fraction of sp³-hybridized carbons (Fsp3) is 0.636. The van der Waals surface area contributed by atoms with E-state index in [1.165, 1.54) is 17.9 Å². The van der Waals surface area contributed by atoms with Crippen molar-refractivity contribution in [1.29, 1.82) is 0 Å². The van der Waals surface area contributed by atoms with Gasteiger partial charge in [0.15, 0.2) is 0 Å². The lowest BCUT2D eigenvalue weighted by molar-refractivity contribution is 0.189. The third-order valence-electron chi connectivity index (χ3n) is 2.18. The second-order valence-corrected chi connectivity index (χ2v) is 4.75. The van der Waals surface area contributed by atoms with Crippen LogP contribution in [0.15, 0.2) is 18.3 Å². The van der Waals surface area contributed by atoms with Crippen LogP contribution in [0.4, 0.5) is 0 Å². The van der Waals surface area contributed by atoms with Crippen molar-refractivity contribution >= 4 is 11.8 Å². The van der Waals surface area contributed by atoms with Crippen molar-refractivity contribution in [2.45, 2.75) is 32.9 Å². The lowest BCUT2D eigenvalue weighted by Crippen LogP contribution is -2.05. The highest BCUT2D eigenvalue weighted by atomic mass is 32.2. The Morgan fingerprint density at radius 2 is 2.36 bits per heavy atom. The number of aliphatic hydroxyl groups excluding tert-OH is 1. The average molecular weight is 213 g/mol. The average Bonchev–Trinajstić information content (AvgIpc) is 2.60. The summed E-state index contributed by atoms with van der Waals surface area (Å²) in [4.78, 5) is 0. The molecule has 3 heteroatoms.